The number of amides is 1. The number of carbonyl (C=O) groups excluding carboxylic acids is 1. The zero-order valence-corrected chi connectivity index (χ0v) is 17.8. The van der Waals surface area contributed by atoms with Crippen LogP contribution in [0.4, 0.5) is 8.78 Å². The van der Waals surface area contributed by atoms with E-state index in [0.29, 0.717) is 30.0 Å². The van der Waals surface area contributed by atoms with E-state index in [0.717, 1.165) is 16.7 Å². The van der Waals surface area contributed by atoms with E-state index >= 15 is 0 Å². The van der Waals surface area contributed by atoms with Crippen LogP contribution in [-0.4, -0.2) is 38.2 Å². The number of ether oxygens (including phenoxy) is 3. The molecule has 7 heteroatoms. The second kappa shape index (κ2) is 9.26. The predicted molar refractivity (Wildman–Crippen MR) is 116 cm³/mol. The van der Waals surface area contributed by atoms with Gasteiger partial charge in [-0.3, -0.25) is 4.79 Å². The first-order valence-electron chi connectivity index (χ1n) is 10.2. The first kappa shape index (κ1) is 21.6. The minimum atomic E-state index is -2.91. The number of hydrogen-bond acceptors (Lipinski definition) is 4. The number of fused-ring (bicyclic) bond motifs is 1. The van der Waals surface area contributed by atoms with Crippen LogP contribution in [0.5, 0.6) is 17.2 Å². The fourth-order valence-electron chi connectivity index (χ4n) is 4.10. The molecule has 1 amide bonds. The van der Waals surface area contributed by atoms with Crippen molar-refractivity contribution in [2.45, 2.75) is 19.1 Å². The molecule has 0 saturated heterocycles. The highest BCUT2D eigenvalue weighted by molar-refractivity contribution is 5.95. The molecule has 4 rings (SSSR count). The van der Waals surface area contributed by atoms with Crippen molar-refractivity contribution in [2.75, 3.05) is 20.8 Å². The lowest BCUT2D eigenvalue weighted by Gasteiger charge is -2.38. The summed E-state index contributed by atoms with van der Waals surface area (Å²) in [4.78, 5) is 15.3. The fraction of sp³-hybridized carbons (Fsp3) is 0.240. The van der Waals surface area contributed by atoms with Gasteiger partial charge in [0.25, 0.3) is 5.91 Å². The Kier molecular flexibility index (Phi) is 6.25. The Bertz CT molecular complexity index is 1090. The van der Waals surface area contributed by atoms with Crippen LogP contribution >= 0.6 is 0 Å². The molecule has 0 aromatic heterocycles. The third-order valence-electron chi connectivity index (χ3n) is 5.58. The van der Waals surface area contributed by atoms with Gasteiger partial charge in [0.2, 0.25) is 0 Å². The van der Waals surface area contributed by atoms with Gasteiger partial charge in [0.05, 0.1) is 20.3 Å². The van der Waals surface area contributed by atoms with E-state index in [1.165, 1.54) is 24.3 Å². The third kappa shape index (κ3) is 4.23. The number of hydrogen-bond donors (Lipinski definition) is 0. The van der Waals surface area contributed by atoms with Crippen molar-refractivity contribution >= 4 is 5.91 Å². The summed E-state index contributed by atoms with van der Waals surface area (Å²) >= 11 is 0. The zero-order chi connectivity index (χ0) is 22.7. The first-order chi connectivity index (χ1) is 15.5. The highest BCUT2D eigenvalue weighted by Crippen LogP contribution is 2.41. The van der Waals surface area contributed by atoms with E-state index in [1.54, 1.807) is 19.1 Å². The highest BCUT2D eigenvalue weighted by atomic mass is 19.3. The molecule has 0 fully saturated rings. The summed E-state index contributed by atoms with van der Waals surface area (Å²) in [6.45, 7) is -2.42. The Hall–Kier alpha value is -3.61. The van der Waals surface area contributed by atoms with Crippen LogP contribution in [0.3, 0.4) is 0 Å². The zero-order valence-electron chi connectivity index (χ0n) is 17.8. The molecule has 0 saturated carbocycles. The molecular weight excluding hydrogens is 416 g/mol. The van der Waals surface area contributed by atoms with E-state index in [2.05, 4.69) is 4.74 Å². The number of methoxy groups -OCH3 is 2. The van der Waals surface area contributed by atoms with E-state index in [9.17, 15) is 13.6 Å². The minimum absolute atomic E-state index is 0.0111. The van der Waals surface area contributed by atoms with Crippen molar-refractivity contribution in [1.82, 2.24) is 4.90 Å². The Morgan fingerprint density at radius 3 is 2.25 bits per heavy atom. The minimum Gasteiger partial charge on any atom is -0.493 e. The molecule has 3 aromatic rings. The van der Waals surface area contributed by atoms with Gasteiger partial charge < -0.3 is 19.1 Å². The summed E-state index contributed by atoms with van der Waals surface area (Å²) in [7, 11) is 3.18. The van der Waals surface area contributed by atoms with Crippen LogP contribution in [0, 0.1) is 0 Å². The standard InChI is InChI=1S/C25H23F2NO4/c1-30-21-14-18-12-13-28(24(29)17-8-10-19(11-9-17)32-25(26)27)23(16-6-4-3-5-7-16)20(18)15-22(21)31-2/h3-11,14-15,23,25H,12-13H2,1-2H3/t23-/m0/s1. The first-order valence-corrected chi connectivity index (χ1v) is 10.2. The summed E-state index contributed by atoms with van der Waals surface area (Å²) in [6.07, 6.45) is 0.650. The SMILES string of the molecule is COc1cc2c(cc1OC)[C@H](c1ccccc1)N(C(=O)c1ccc(OC(F)F)cc1)CC2. The molecule has 0 radical (unpaired) electrons. The number of carbonyl (C=O) groups is 1. The van der Waals surface area contributed by atoms with E-state index in [-0.39, 0.29) is 17.7 Å². The molecule has 166 valence electrons. The molecule has 1 atom stereocenters. The van der Waals surface area contributed by atoms with Gasteiger partial charge in [-0.1, -0.05) is 30.3 Å². The molecular formula is C25H23F2NO4. The van der Waals surface area contributed by atoms with E-state index in [4.69, 9.17) is 9.47 Å². The Morgan fingerprint density at radius 2 is 1.62 bits per heavy atom. The molecule has 32 heavy (non-hydrogen) atoms. The third-order valence-corrected chi connectivity index (χ3v) is 5.58. The van der Waals surface area contributed by atoms with Gasteiger partial charge in [-0.15, -0.1) is 0 Å². The molecule has 1 aliphatic heterocycles. The number of alkyl halides is 2. The topological polar surface area (TPSA) is 48.0 Å². The van der Waals surface area contributed by atoms with Crippen LogP contribution in [0.25, 0.3) is 0 Å². The summed E-state index contributed by atoms with van der Waals surface area (Å²) in [5, 5.41) is 0. The fourth-order valence-corrected chi connectivity index (χ4v) is 4.10. The maximum absolute atomic E-state index is 13.5. The van der Waals surface area contributed by atoms with Crippen LogP contribution < -0.4 is 14.2 Å². The molecule has 0 unspecified atom stereocenters. The lowest BCUT2D eigenvalue weighted by Crippen LogP contribution is -2.40. The molecule has 0 N–H and O–H groups in total. The smallest absolute Gasteiger partial charge is 0.387 e. The number of rotatable bonds is 6. The van der Waals surface area contributed by atoms with Gasteiger partial charge in [-0.25, -0.2) is 0 Å². The summed E-state index contributed by atoms with van der Waals surface area (Å²) in [5.41, 5.74) is 3.41. The summed E-state index contributed by atoms with van der Waals surface area (Å²) in [5.74, 6) is 1.06. The molecule has 0 bridgehead atoms. The number of nitrogens with zero attached hydrogens (tertiary/aromatic N) is 1. The molecule has 1 aliphatic rings. The van der Waals surface area contributed by atoms with Crippen LogP contribution in [0.2, 0.25) is 0 Å². The van der Waals surface area contributed by atoms with Crippen molar-refractivity contribution < 1.29 is 27.8 Å². The number of halogens is 2. The maximum atomic E-state index is 13.5. The largest absolute Gasteiger partial charge is 0.493 e. The molecule has 1 heterocycles. The van der Waals surface area contributed by atoms with Crippen molar-refractivity contribution in [3.63, 3.8) is 0 Å². The Morgan fingerprint density at radius 1 is 0.969 bits per heavy atom. The molecule has 3 aromatic carbocycles. The van der Waals surface area contributed by atoms with Gasteiger partial charge in [0.15, 0.2) is 11.5 Å². The summed E-state index contributed by atoms with van der Waals surface area (Å²) in [6, 6.07) is 19.1. The second-order valence-corrected chi connectivity index (χ2v) is 7.37. The van der Waals surface area contributed by atoms with Crippen LogP contribution in [0.1, 0.15) is 33.1 Å². The highest BCUT2D eigenvalue weighted by Gasteiger charge is 2.33. The average molecular weight is 439 g/mol. The van der Waals surface area contributed by atoms with Gasteiger partial charge >= 0.3 is 6.61 Å². The summed E-state index contributed by atoms with van der Waals surface area (Å²) < 4.78 is 40.3. The second-order valence-electron chi connectivity index (χ2n) is 7.37. The van der Waals surface area contributed by atoms with Gasteiger partial charge in [0.1, 0.15) is 5.75 Å². The normalized spacial score (nSPS) is 15.3. The quantitative estimate of drug-likeness (QED) is 0.537. The Labute approximate surface area is 185 Å². The van der Waals surface area contributed by atoms with Crippen LogP contribution in [-0.2, 0) is 6.42 Å². The van der Waals surface area contributed by atoms with Crippen LogP contribution in [0.15, 0.2) is 66.7 Å². The maximum Gasteiger partial charge on any atom is 0.387 e. The molecule has 0 spiro atoms. The van der Waals surface area contributed by atoms with Crippen molar-refractivity contribution in [2.24, 2.45) is 0 Å². The van der Waals surface area contributed by atoms with E-state index in [1.807, 2.05) is 42.5 Å². The lowest BCUT2D eigenvalue weighted by molar-refractivity contribution is -0.0498. The van der Waals surface area contributed by atoms with Crippen molar-refractivity contribution in [3.05, 3.63) is 89.0 Å². The monoisotopic (exact) mass is 439 g/mol. The van der Waals surface area contributed by atoms with Gasteiger partial charge in [-0.05, 0) is 59.5 Å². The van der Waals surface area contributed by atoms with Gasteiger partial charge in [-0.2, -0.15) is 8.78 Å². The predicted octanol–water partition coefficient (Wildman–Crippen LogP) is 5.09. The molecule has 5 nitrogen and oxygen atoms in total. The van der Waals surface area contributed by atoms with Gasteiger partial charge in [0, 0.05) is 12.1 Å². The van der Waals surface area contributed by atoms with E-state index < -0.39 is 6.61 Å². The van der Waals surface area contributed by atoms with Crippen molar-refractivity contribution in [3.8, 4) is 17.2 Å². The average Bonchev–Trinajstić information content (AvgIpc) is 2.82. The Balaban J connectivity index is 1.74. The van der Waals surface area contributed by atoms with Crippen molar-refractivity contribution in [1.29, 1.82) is 0 Å². The number of benzene rings is 3. The lowest BCUT2D eigenvalue weighted by atomic mass is 9.87. The molecule has 0 aliphatic carbocycles.